The quantitative estimate of drug-likeness (QED) is 0.848. The molecule has 0 aliphatic heterocycles. The lowest BCUT2D eigenvalue weighted by Crippen LogP contribution is -2.33. The number of fused-ring (bicyclic) bond motifs is 1. The van der Waals surface area contributed by atoms with Gasteiger partial charge in [0.05, 0.1) is 6.42 Å². The zero-order valence-electron chi connectivity index (χ0n) is 12.9. The topological polar surface area (TPSA) is 55.4 Å². The average Bonchev–Trinajstić information content (AvgIpc) is 2.35. The molecule has 0 saturated carbocycles. The minimum absolute atomic E-state index is 0.0924. The third kappa shape index (κ3) is 4.59. The molecular formula is C17H23NO3. The molecule has 1 N–H and O–H groups in total. The molecule has 1 aliphatic carbocycles. The minimum Gasteiger partial charge on any atom is -0.460 e. The van der Waals surface area contributed by atoms with Gasteiger partial charge in [-0.3, -0.25) is 9.59 Å². The third-order valence-electron chi connectivity index (χ3n) is 3.48. The maximum absolute atomic E-state index is 11.8. The van der Waals surface area contributed by atoms with Crippen molar-refractivity contribution in [1.29, 1.82) is 0 Å². The highest BCUT2D eigenvalue weighted by atomic mass is 16.6. The van der Waals surface area contributed by atoms with Gasteiger partial charge in [0.25, 0.3) is 0 Å². The zero-order chi connectivity index (χ0) is 15.5. The zero-order valence-corrected chi connectivity index (χ0v) is 12.9. The first-order chi connectivity index (χ1) is 9.85. The molecule has 2 rings (SSSR count). The van der Waals surface area contributed by atoms with Gasteiger partial charge in [-0.15, -0.1) is 0 Å². The van der Waals surface area contributed by atoms with Crippen LogP contribution in [0.25, 0.3) is 0 Å². The molecule has 0 spiro atoms. The molecule has 1 aromatic rings. The van der Waals surface area contributed by atoms with Gasteiger partial charge >= 0.3 is 5.97 Å². The Balaban J connectivity index is 1.66. The van der Waals surface area contributed by atoms with Crippen LogP contribution in [0.3, 0.4) is 0 Å². The summed E-state index contributed by atoms with van der Waals surface area (Å²) >= 11 is 0. The summed E-state index contributed by atoms with van der Waals surface area (Å²) in [6.45, 7) is 6.10. The minimum atomic E-state index is -0.497. The van der Waals surface area contributed by atoms with E-state index >= 15 is 0 Å². The van der Waals surface area contributed by atoms with Gasteiger partial charge in [0.2, 0.25) is 5.91 Å². The molecule has 1 atom stereocenters. The molecule has 0 fully saturated rings. The Bertz CT molecular complexity index is 531. The van der Waals surface area contributed by atoms with Crippen LogP contribution in [0, 0.1) is 0 Å². The van der Waals surface area contributed by atoms with Gasteiger partial charge in [0.15, 0.2) is 0 Å². The Labute approximate surface area is 125 Å². The number of esters is 1. The molecule has 114 valence electrons. The van der Waals surface area contributed by atoms with E-state index < -0.39 is 5.60 Å². The highest BCUT2D eigenvalue weighted by Gasteiger charge is 2.25. The van der Waals surface area contributed by atoms with E-state index in [2.05, 4.69) is 17.4 Å². The first kappa shape index (κ1) is 15.5. The van der Waals surface area contributed by atoms with Gasteiger partial charge in [0.1, 0.15) is 5.60 Å². The van der Waals surface area contributed by atoms with Gasteiger partial charge in [-0.1, -0.05) is 24.3 Å². The van der Waals surface area contributed by atoms with E-state index in [4.69, 9.17) is 4.74 Å². The lowest BCUT2D eigenvalue weighted by Gasteiger charge is -2.30. The number of carbonyl (C=O) groups excluding carboxylic acids is 2. The number of hydrogen-bond donors (Lipinski definition) is 1. The molecule has 4 heteroatoms. The van der Waals surface area contributed by atoms with E-state index in [1.807, 2.05) is 32.9 Å². The van der Waals surface area contributed by atoms with Crippen molar-refractivity contribution >= 4 is 11.9 Å². The molecule has 0 saturated heterocycles. The van der Waals surface area contributed by atoms with Crippen LogP contribution in [-0.2, 0) is 20.7 Å². The summed E-state index contributed by atoms with van der Waals surface area (Å²) in [4.78, 5) is 23.3. The molecule has 1 aliphatic rings. The van der Waals surface area contributed by atoms with Crippen molar-refractivity contribution in [3.05, 3.63) is 35.4 Å². The molecule has 4 nitrogen and oxygen atoms in total. The summed E-state index contributed by atoms with van der Waals surface area (Å²) in [6.07, 6.45) is 1.33. The number of benzene rings is 1. The second-order valence-corrected chi connectivity index (χ2v) is 6.49. The van der Waals surface area contributed by atoms with Crippen LogP contribution in [0.5, 0.6) is 0 Å². The Morgan fingerprint density at radius 2 is 1.95 bits per heavy atom. The normalized spacial score (nSPS) is 16.6. The van der Waals surface area contributed by atoms with Crippen LogP contribution in [0.1, 0.15) is 50.7 Å². The van der Waals surface area contributed by atoms with E-state index in [1.54, 1.807) is 0 Å². The Kier molecular flexibility index (Phi) is 4.66. The summed E-state index contributed by atoms with van der Waals surface area (Å²) in [5.74, 6) is -0.0106. The van der Waals surface area contributed by atoms with Crippen LogP contribution < -0.4 is 5.32 Å². The summed E-state index contributed by atoms with van der Waals surface area (Å²) in [7, 11) is 0. The van der Waals surface area contributed by atoms with E-state index in [-0.39, 0.29) is 24.7 Å². The van der Waals surface area contributed by atoms with Gasteiger partial charge < -0.3 is 10.1 Å². The second kappa shape index (κ2) is 6.29. The number of hydrogen-bond acceptors (Lipinski definition) is 3. The summed E-state index contributed by atoms with van der Waals surface area (Å²) in [5.41, 5.74) is 2.19. The first-order valence-corrected chi connectivity index (χ1v) is 7.41. The Hall–Kier alpha value is -1.84. The Morgan fingerprint density at radius 1 is 1.24 bits per heavy atom. The van der Waals surface area contributed by atoms with Gasteiger partial charge in [-0.05, 0) is 38.3 Å². The molecule has 1 unspecified atom stereocenters. The van der Waals surface area contributed by atoms with Crippen molar-refractivity contribution in [2.45, 2.75) is 51.6 Å². The largest absolute Gasteiger partial charge is 0.460 e. The van der Waals surface area contributed by atoms with Crippen molar-refractivity contribution in [1.82, 2.24) is 5.32 Å². The van der Waals surface area contributed by atoms with Crippen molar-refractivity contribution < 1.29 is 14.3 Å². The monoisotopic (exact) mass is 289 g/mol. The van der Waals surface area contributed by atoms with Crippen LogP contribution in [0.2, 0.25) is 0 Å². The van der Waals surface area contributed by atoms with Gasteiger partial charge in [0, 0.05) is 18.9 Å². The standard InChI is InChI=1S/C17H23NO3/c1-17(2,3)21-16(20)9-8-15(19)18-11-13-10-12-6-4-5-7-14(12)13/h4-7,13H,8-11H2,1-3H3,(H,18,19). The van der Waals surface area contributed by atoms with Crippen molar-refractivity contribution in [3.8, 4) is 0 Å². The Morgan fingerprint density at radius 3 is 2.62 bits per heavy atom. The number of nitrogens with one attached hydrogen (secondary N) is 1. The molecule has 0 heterocycles. The maximum Gasteiger partial charge on any atom is 0.306 e. The number of rotatable bonds is 5. The highest BCUT2D eigenvalue weighted by Crippen LogP contribution is 2.33. The van der Waals surface area contributed by atoms with Crippen molar-refractivity contribution in [3.63, 3.8) is 0 Å². The van der Waals surface area contributed by atoms with Crippen molar-refractivity contribution in [2.24, 2.45) is 0 Å². The fourth-order valence-corrected chi connectivity index (χ4v) is 2.48. The number of carbonyl (C=O) groups is 2. The molecule has 0 radical (unpaired) electrons. The predicted molar refractivity (Wildman–Crippen MR) is 81.0 cm³/mol. The van der Waals surface area contributed by atoms with E-state index in [1.165, 1.54) is 11.1 Å². The lowest BCUT2D eigenvalue weighted by molar-refractivity contribution is -0.155. The summed E-state index contributed by atoms with van der Waals surface area (Å²) < 4.78 is 5.17. The van der Waals surface area contributed by atoms with Crippen LogP contribution >= 0.6 is 0 Å². The summed E-state index contributed by atoms with van der Waals surface area (Å²) in [5, 5.41) is 2.90. The number of ether oxygens (including phenoxy) is 1. The highest BCUT2D eigenvalue weighted by molar-refractivity contribution is 5.81. The first-order valence-electron chi connectivity index (χ1n) is 7.41. The molecule has 1 aromatic carbocycles. The maximum atomic E-state index is 11.8. The van der Waals surface area contributed by atoms with Crippen LogP contribution in [0.15, 0.2) is 24.3 Å². The fraction of sp³-hybridized carbons (Fsp3) is 0.529. The van der Waals surface area contributed by atoms with E-state index in [0.29, 0.717) is 12.5 Å². The average molecular weight is 289 g/mol. The molecule has 0 aromatic heterocycles. The van der Waals surface area contributed by atoms with E-state index in [9.17, 15) is 9.59 Å². The molecule has 1 amide bonds. The lowest BCUT2D eigenvalue weighted by atomic mass is 9.77. The second-order valence-electron chi connectivity index (χ2n) is 6.49. The summed E-state index contributed by atoms with van der Waals surface area (Å²) in [6, 6.07) is 8.29. The molecular weight excluding hydrogens is 266 g/mol. The molecule has 0 bridgehead atoms. The number of amides is 1. The smallest absolute Gasteiger partial charge is 0.306 e. The third-order valence-corrected chi connectivity index (χ3v) is 3.48. The van der Waals surface area contributed by atoms with E-state index in [0.717, 1.165) is 6.42 Å². The fourth-order valence-electron chi connectivity index (χ4n) is 2.48. The van der Waals surface area contributed by atoms with Crippen molar-refractivity contribution in [2.75, 3.05) is 6.54 Å². The predicted octanol–water partition coefficient (Wildman–Crippen LogP) is 2.56. The van der Waals surface area contributed by atoms with Gasteiger partial charge in [-0.25, -0.2) is 0 Å². The van der Waals surface area contributed by atoms with Crippen LogP contribution in [0.4, 0.5) is 0 Å². The van der Waals surface area contributed by atoms with Gasteiger partial charge in [-0.2, -0.15) is 0 Å². The van der Waals surface area contributed by atoms with Crippen LogP contribution in [-0.4, -0.2) is 24.0 Å². The molecule has 21 heavy (non-hydrogen) atoms. The SMILES string of the molecule is CC(C)(C)OC(=O)CCC(=O)NCC1Cc2ccccc21.